The predicted molar refractivity (Wildman–Crippen MR) is 57.9 cm³/mol. The molecule has 0 amide bonds. The number of halogens is 2. The van der Waals surface area contributed by atoms with Gasteiger partial charge in [0.05, 0.1) is 5.60 Å². The van der Waals surface area contributed by atoms with E-state index in [0.717, 1.165) is 31.0 Å². The third-order valence-corrected chi connectivity index (χ3v) is 3.53. The van der Waals surface area contributed by atoms with Gasteiger partial charge in [0.2, 0.25) is 0 Å². The average molecular weight is 226 g/mol. The molecule has 0 radical (unpaired) electrons. The standard InChI is InChI=1S/C13H16F2O/c1-9-4-6-13(16,7-5-9)11-8-10(14)2-3-12(11)15/h2-3,8-9,16H,4-7H2,1H3. The van der Waals surface area contributed by atoms with E-state index < -0.39 is 17.2 Å². The topological polar surface area (TPSA) is 20.2 Å². The van der Waals surface area contributed by atoms with Crippen LogP contribution in [0.2, 0.25) is 0 Å². The fourth-order valence-electron chi connectivity index (χ4n) is 2.36. The van der Waals surface area contributed by atoms with Gasteiger partial charge in [-0.25, -0.2) is 8.78 Å². The zero-order valence-electron chi connectivity index (χ0n) is 9.34. The highest BCUT2D eigenvalue weighted by Crippen LogP contribution is 2.40. The minimum absolute atomic E-state index is 0.111. The van der Waals surface area contributed by atoms with Gasteiger partial charge in [-0.1, -0.05) is 6.92 Å². The van der Waals surface area contributed by atoms with Crippen LogP contribution in [0.1, 0.15) is 38.2 Å². The molecule has 16 heavy (non-hydrogen) atoms. The lowest BCUT2D eigenvalue weighted by Crippen LogP contribution is -2.32. The van der Waals surface area contributed by atoms with Gasteiger partial charge in [-0.2, -0.15) is 0 Å². The fourth-order valence-corrected chi connectivity index (χ4v) is 2.36. The second-order valence-corrected chi connectivity index (χ2v) is 4.84. The Hall–Kier alpha value is -0.960. The molecule has 0 atom stereocenters. The quantitative estimate of drug-likeness (QED) is 0.778. The number of hydrogen-bond acceptors (Lipinski definition) is 1. The molecule has 1 aliphatic rings. The molecule has 0 aromatic heterocycles. The molecule has 1 nitrogen and oxygen atoms in total. The smallest absolute Gasteiger partial charge is 0.129 e. The first-order valence-electron chi connectivity index (χ1n) is 5.69. The zero-order chi connectivity index (χ0) is 11.8. The summed E-state index contributed by atoms with van der Waals surface area (Å²) in [4.78, 5) is 0. The minimum atomic E-state index is -1.18. The van der Waals surface area contributed by atoms with Gasteiger partial charge in [0, 0.05) is 5.56 Å². The maximum absolute atomic E-state index is 13.6. The Balaban J connectivity index is 2.32. The molecule has 2 rings (SSSR count). The molecule has 0 heterocycles. The van der Waals surface area contributed by atoms with E-state index in [1.165, 1.54) is 0 Å². The summed E-state index contributed by atoms with van der Waals surface area (Å²) in [6, 6.07) is 3.28. The highest BCUT2D eigenvalue weighted by Gasteiger charge is 2.35. The van der Waals surface area contributed by atoms with Gasteiger partial charge in [0.1, 0.15) is 11.6 Å². The van der Waals surface area contributed by atoms with Crippen LogP contribution in [0, 0.1) is 17.6 Å². The summed E-state index contributed by atoms with van der Waals surface area (Å²) in [7, 11) is 0. The van der Waals surface area contributed by atoms with E-state index >= 15 is 0 Å². The van der Waals surface area contributed by atoms with Crippen LogP contribution in [0.5, 0.6) is 0 Å². The second-order valence-electron chi connectivity index (χ2n) is 4.84. The number of rotatable bonds is 1. The molecule has 3 heteroatoms. The predicted octanol–water partition coefficient (Wildman–Crippen LogP) is 3.36. The Bertz CT molecular complexity index is 382. The van der Waals surface area contributed by atoms with Crippen molar-refractivity contribution in [3.63, 3.8) is 0 Å². The number of aliphatic hydroxyl groups is 1. The Labute approximate surface area is 94.1 Å². The Morgan fingerprint density at radius 2 is 1.88 bits per heavy atom. The van der Waals surface area contributed by atoms with Gasteiger partial charge in [0.15, 0.2) is 0 Å². The van der Waals surface area contributed by atoms with Gasteiger partial charge in [-0.15, -0.1) is 0 Å². The molecule has 1 aromatic rings. The van der Waals surface area contributed by atoms with E-state index in [1.54, 1.807) is 0 Å². The van der Waals surface area contributed by atoms with Crippen molar-refractivity contribution >= 4 is 0 Å². The zero-order valence-corrected chi connectivity index (χ0v) is 9.34. The van der Waals surface area contributed by atoms with Crippen molar-refractivity contribution in [2.75, 3.05) is 0 Å². The van der Waals surface area contributed by atoms with Crippen molar-refractivity contribution in [1.82, 2.24) is 0 Å². The molecule has 88 valence electrons. The number of hydrogen-bond donors (Lipinski definition) is 1. The van der Waals surface area contributed by atoms with E-state index in [2.05, 4.69) is 6.92 Å². The molecule has 1 saturated carbocycles. The van der Waals surface area contributed by atoms with Crippen LogP contribution in [-0.4, -0.2) is 5.11 Å². The van der Waals surface area contributed by atoms with E-state index in [-0.39, 0.29) is 5.56 Å². The lowest BCUT2D eigenvalue weighted by atomic mass is 9.75. The van der Waals surface area contributed by atoms with Crippen LogP contribution in [-0.2, 0) is 5.60 Å². The highest BCUT2D eigenvalue weighted by atomic mass is 19.1. The lowest BCUT2D eigenvalue weighted by molar-refractivity contribution is -0.0151. The van der Waals surface area contributed by atoms with Crippen LogP contribution in [0.3, 0.4) is 0 Å². The van der Waals surface area contributed by atoms with Crippen molar-refractivity contribution in [3.05, 3.63) is 35.4 Å². The normalized spacial score (nSPS) is 30.4. The summed E-state index contributed by atoms with van der Waals surface area (Å²) in [5, 5.41) is 10.4. The summed E-state index contributed by atoms with van der Waals surface area (Å²) in [6.07, 6.45) is 2.72. The Kier molecular flexibility index (Phi) is 2.98. The molecule has 0 aliphatic heterocycles. The first-order valence-corrected chi connectivity index (χ1v) is 5.69. The molecule has 1 aliphatic carbocycles. The van der Waals surface area contributed by atoms with Crippen LogP contribution < -0.4 is 0 Å². The molecular weight excluding hydrogens is 210 g/mol. The average Bonchev–Trinajstić information content (AvgIpc) is 2.26. The maximum Gasteiger partial charge on any atom is 0.129 e. The van der Waals surface area contributed by atoms with Crippen molar-refractivity contribution in [3.8, 4) is 0 Å². The lowest BCUT2D eigenvalue weighted by Gasteiger charge is -2.35. The van der Waals surface area contributed by atoms with Crippen molar-refractivity contribution in [1.29, 1.82) is 0 Å². The second kappa shape index (κ2) is 4.13. The Morgan fingerprint density at radius 1 is 1.25 bits per heavy atom. The summed E-state index contributed by atoms with van der Waals surface area (Å²) < 4.78 is 26.6. The monoisotopic (exact) mass is 226 g/mol. The summed E-state index contributed by atoms with van der Waals surface area (Å²) >= 11 is 0. The van der Waals surface area contributed by atoms with Gasteiger partial charge < -0.3 is 5.11 Å². The molecule has 0 bridgehead atoms. The maximum atomic E-state index is 13.6. The largest absolute Gasteiger partial charge is 0.385 e. The molecule has 1 fully saturated rings. The van der Waals surface area contributed by atoms with Crippen molar-refractivity contribution < 1.29 is 13.9 Å². The van der Waals surface area contributed by atoms with Crippen LogP contribution >= 0.6 is 0 Å². The molecule has 1 N–H and O–H groups in total. The summed E-state index contributed by atoms with van der Waals surface area (Å²) in [5.41, 5.74) is -1.07. The Morgan fingerprint density at radius 3 is 2.50 bits per heavy atom. The van der Waals surface area contributed by atoms with Gasteiger partial charge in [-0.05, 0) is 49.8 Å². The van der Waals surface area contributed by atoms with Crippen LogP contribution in [0.15, 0.2) is 18.2 Å². The van der Waals surface area contributed by atoms with E-state index in [1.807, 2.05) is 0 Å². The third-order valence-electron chi connectivity index (χ3n) is 3.53. The van der Waals surface area contributed by atoms with E-state index in [0.29, 0.717) is 18.8 Å². The van der Waals surface area contributed by atoms with Crippen LogP contribution in [0.25, 0.3) is 0 Å². The fraction of sp³-hybridized carbons (Fsp3) is 0.538. The highest BCUT2D eigenvalue weighted by molar-refractivity contribution is 5.25. The third kappa shape index (κ3) is 2.09. The molecule has 1 aromatic carbocycles. The van der Waals surface area contributed by atoms with Gasteiger partial charge in [0.25, 0.3) is 0 Å². The molecule has 0 unspecified atom stereocenters. The van der Waals surface area contributed by atoms with Gasteiger partial charge >= 0.3 is 0 Å². The van der Waals surface area contributed by atoms with Gasteiger partial charge in [-0.3, -0.25) is 0 Å². The summed E-state index contributed by atoms with van der Waals surface area (Å²) in [6.45, 7) is 2.11. The molecular formula is C13H16F2O. The van der Waals surface area contributed by atoms with Crippen molar-refractivity contribution in [2.24, 2.45) is 5.92 Å². The number of benzene rings is 1. The molecule has 0 spiro atoms. The first-order chi connectivity index (χ1) is 7.51. The SMILES string of the molecule is CC1CCC(O)(c2cc(F)ccc2F)CC1. The first kappa shape index (κ1) is 11.5. The van der Waals surface area contributed by atoms with Crippen LogP contribution in [0.4, 0.5) is 8.78 Å². The minimum Gasteiger partial charge on any atom is -0.385 e. The summed E-state index contributed by atoms with van der Waals surface area (Å²) in [5.74, 6) is -0.459. The molecule has 0 saturated heterocycles. The van der Waals surface area contributed by atoms with Crippen molar-refractivity contribution in [2.45, 2.75) is 38.2 Å². The van der Waals surface area contributed by atoms with E-state index in [9.17, 15) is 13.9 Å². The van der Waals surface area contributed by atoms with E-state index in [4.69, 9.17) is 0 Å².